The smallest absolute Gasteiger partial charge is 0.248 e. The predicted molar refractivity (Wildman–Crippen MR) is 136 cm³/mol. The topological polar surface area (TPSA) is 69.6 Å². The SMILES string of the molecule is CC.CC1=C(/C=C/C(C)=C/C=C/C(C)=C/C(=O)Nc2ccc(O)cc2O)C(C)(C)CCC1. The number of amides is 1. The summed E-state index contributed by atoms with van der Waals surface area (Å²) in [6.07, 6.45) is 15.3. The van der Waals surface area contributed by atoms with E-state index in [1.807, 2.05) is 39.0 Å². The Hall–Kier alpha value is -3.01. The summed E-state index contributed by atoms with van der Waals surface area (Å²) < 4.78 is 0. The molecule has 0 heterocycles. The van der Waals surface area contributed by atoms with Crippen LogP contribution in [0.15, 0.2) is 76.9 Å². The Morgan fingerprint density at radius 1 is 1.09 bits per heavy atom. The lowest BCUT2D eigenvalue weighted by molar-refractivity contribution is -0.112. The third-order valence-electron chi connectivity index (χ3n) is 5.37. The summed E-state index contributed by atoms with van der Waals surface area (Å²) in [6.45, 7) is 14.8. The van der Waals surface area contributed by atoms with Gasteiger partial charge in [0.15, 0.2) is 0 Å². The van der Waals surface area contributed by atoms with Crippen LogP contribution in [0.4, 0.5) is 5.69 Å². The molecular formula is C28H39NO3. The molecule has 0 aromatic heterocycles. The molecule has 0 saturated carbocycles. The molecule has 0 bridgehead atoms. The highest BCUT2D eigenvalue weighted by molar-refractivity contribution is 6.00. The largest absolute Gasteiger partial charge is 0.508 e. The molecule has 0 spiro atoms. The second-order valence-electron chi connectivity index (χ2n) is 8.61. The van der Waals surface area contributed by atoms with Gasteiger partial charge >= 0.3 is 0 Å². The van der Waals surface area contributed by atoms with Gasteiger partial charge in [-0.2, -0.15) is 0 Å². The fourth-order valence-electron chi connectivity index (χ4n) is 3.68. The molecular weight excluding hydrogens is 398 g/mol. The second kappa shape index (κ2) is 12.7. The van der Waals surface area contributed by atoms with E-state index in [2.05, 4.69) is 45.2 Å². The maximum atomic E-state index is 12.1. The molecule has 1 aliphatic carbocycles. The summed E-state index contributed by atoms with van der Waals surface area (Å²) in [4.78, 5) is 12.1. The van der Waals surface area contributed by atoms with E-state index in [1.165, 1.54) is 54.7 Å². The third-order valence-corrected chi connectivity index (χ3v) is 5.37. The van der Waals surface area contributed by atoms with Crippen molar-refractivity contribution >= 4 is 11.6 Å². The molecule has 4 heteroatoms. The fraction of sp³-hybridized carbons (Fsp3) is 0.393. The van der Waals surface area contributed by atoms with Crippen LogP contribution >= 0.6 is 0 Å². The summed E-state index contributed by atoms with van der Waals surface area (Å²) in [5.74, 6) is -0.586. The lowest BCUT2D eigenvalue weighted by atomic mass is 9.72. The van der Waals surface area contributed by atoms with Crippen LogP contribution in [0.25, 0.3) is 0 Å². The lowest BCUT2D eigenvalue weighted by Gasteiger charge is -2.32. The van der Waals surface area contributed by atoms with Crippen LogP contribution < -0.4 is 5.32 Å². The first kappa shape index (κ1) is 27.0. The molecule has 0 fully saturated rings. The average Bonchev–Trinajstić information content (AvgIpc) is 2.70. The lowest BCUT2D eigenvalue weighted by Crippen LogP contribution is -2.19. The minimum Gasteiger partial charge on any atom is -0.508 e. The molecule has 1 aromatic carbocycles. The number of nitrogens with one attached hydrogen (secondary N) is 1. The van der Waals surface area contributed by atoms with Crippen LogP contribution in [-0.2, 0) is 4.79 Å². The minimum atomic E-state index is -0.347. The molecule has 0 atom stereocenters. The highest BCUT2D eigenvalue weighted by Crippen LogP contribution is 2.40. The van der Waals surface area contributed by atoms with E-state index in [9.17, 15) is 15.0 Å². The number of allylic oxidation sites excluding steroid dienone is 9. The van der Waals surface area contributed by atoms with Gasteiger partial charge in [0.25, 0.3) is 0 Å². The van der Waals surface area contributed by atoms with Crippen molar-refractivity contribution in [2.75, 3.05) is 5.32 Å². The first-order valence-electron chi connectivity index (χ1n) is 11.3. The van der Waals surface area contributed by atoms with E-state index in [0.29, 0.717) is 0 Å². The maximum Gasteiger partial charge on any atom is 0.248 e. The van der Waals surface area contributed by atoms with Crippen molar-refractivity contribution in [3.05, 3.63) is 76.9 Å². The second-order valence-corrected chi connectivity index (χ2v) is 8.61. The Morgan fingerprint density at radius 3 is 2.41 bits per heavy atom. The molecule has 0 unspecified atom stereocenters. The van der Waals surface area contributed by atoms with E-state index in [0.717, 1.165) is 11.1 Å². The monoisotopic (exact) mass is 437 g/mol. The Balaban J connectivity index is 0.00000249. The first-order chi connectivity index (χ1) is 15.1. The number of carbonyl (C=O) groups excluding carboxylic acids is 1. The number of hydrogen-bond donors (Lipinski definition) is 3. The molecule has 2 rings (SSSR count). The van der Waals surface area contributed by atoms with Crippen LogP contribution in [-0.4, -0.2) is 16.1 Å². The zero-order valence-corrected chi connectivity index (χ0v) is 20.6. The molecule has 1 amide bonds. The number of benzene rings is 1. The Labute approximate surface area is 193 Å². The number of phenolic OH excluding ortho intramolecular Hbond substituents is 2. The van der Waals surface area contributed by atoms with Crippen molar-refractivity contribution in [2.24, 2.45) is 5.41 Å². The van der Waals surface area contributed by atoms with E-state index < -0.39 is 0 Å². The third kappa shape index (κ3) is 8.62. The Morgan fingerprint density at radius 2 is 1.78 bits per heavy atom. The minimum absolute atomic E-state index is 0.0603. The standard InChI is InChI=1S/C26H33NO3.C2H6/c1-18(11-13-22-20(3)10-7-15-26(22,4)5)8-6-9-19(2)16-25(30)27-23-14-12-21(28)17-24(23)29;1-2/h6,8-9,11-14,16-17,28-29H,7,10,15H2,1-5H3,(H,27,30);1-2H3/b9-6+,13-11+,18-8+,19-16+;. The molecule has 32 heavy (non-hydrogen) atoms. The number of anilines is 1. The summed E-state index contributed by atoms with van der Waals surface area (Å²) in [5.41, 5.74) is 5.33. The van der Waals surface area contributed by atoms with Crippen molar-refractivity contribution in [2.45, 2.75) is 67.7 Å². The summed E-state index contributed by atoms with van der Waals surface area (Å²) in [7, 11) is 0. The highest BCUT2D eigenvalue weighted by Gasteiger charge is 2.26. The van der Waals surface area contributed by atoms with Gasteiger partial charge < -0.3 is 15.5 Å². The van der Waals surface area contributed by atoms with E-state index >= 15 is 0 Å². The number of phenols is 2. The van der Waals surface area contributed by atoms with Gasteiger partial charge in [-0.1, -0.05) is 69.2 Å². The van der Waals surface area contributed by atoms with Crippen LogP contribution in [0.2, 0.25) is 0 Å². The fourth-order valence-corrected chi connectivity index (χ4v) is 3.68. The van der Waals surface area contributed by atoms with Gasteiger partial charge in [-0.25, -0.2) is 0 Å². The first-order valence-corrected chi connectivity index (χ1v) is 11.3. The van der Waals surface area contributed by atoms with E-state index in [1.54, 1.807) is 0 Å². The molecule has 0 aliphatic heterocycles. The molecule has 0 saturated heterocycles. The van der Waals surface area contributed by atoms with Gasteiger partial charge in [-0.05, 0) is 68.7 Å². The summed E-state index contributed by atoms with van der Waals surface area (Å²) in [5, 5.41) is 21.6. The van der Waals surface area contributed by atoms with Gasteiger partial charge in [0.1, 0.15) is 11.5 Å². The van der Waals surface area contributed by atoms with Crippen molar-refractivity contribution in [3.8, 4) is 11.5 Å². The molecule has 0 radical (unpaired) electrons. The average molecular weight is 438 g/mol. The zero-order chi connectivity index (χ0) is 24.3. The van der Waals surface area contributed by atoms with E-state index in [-0.39, 0.29) is 28.5 Å². The Bertz CT molecular complexity index is 943. The normalized spacial score (nSPS) is 16.8. The van der Waals surface area contributed by atoms with E-state index in [4.69, 9.17) is 0 Å². The van der Waals surface area contributed by atoms with Crippen LogP contribution in [0, 0.1) is 5.41 Å². The molecule has 174 valence electrons. The molecule has 3 N–H and O–H groups in total. The van der Waals surface area contributed by atoms with Crippen molar-refractivity contribution in [1.29, 1.82) is 0 Å². The van der Waals surface area contributed by atoms with Gasteiger partial charge in [0.05, 0.1) is 5.69 Å². The number of rotatable bonds is 6. The number of carbonyl (C=O) groups is 1. The van der Waals surface area contributed by atoms with Crippen molar-refractivity contribution < 1.29 is 15.0 Å². The quantitative estimate of drug-likeness (QED) is 0.186. The van der Waals surface area contributed by atoms with Crippen LogP contribution in [0.1, 0.15) is 67.7 Å². The predicted octanol–water partition coefficient (Wildman–Crippen LogP) is 7.59. The van der Waals surface area contributed by atoms with Crippen LogP contribution in [0.3, 0.4) is 0 Å². The zero-order valence-electron chi connectivity index (χ0n) is 20.6. The number of aromatic hydroxyl groups is 2. The molecule has 1 aliphatic rings. The molecule has 1 aromatic rings. The Kier molecular flexibility index (Phi) is 10.8. The highest BCUT2D eigenvalue weighted by atomic mass is 16.3. The van der Waals surface area contributed by atoms with Crippen molar-refractivity contribution in [1.82, 2.24) is 0 Å². The summed E-state index contributed by atoms with van der Waals surface area (Å²) in [6, 6.07) is 4.03. The maximum absolute atomic E-state index is 12.1. The summed E-state index contributed by atoms with van der Waals surface area (Å²) >= 11 is 0. The van der Waals surface area contributed by atoms with Gasteiger partial charge in [-0.3, -0.25) is 4.79 Å². The van der Waals surface area contributed by atoms with Gasteiger partial charge in [0.2, 0.25) is 5.91 Å². The van der Waals surface area contributed by atoms with Crippen molar-refractivity contribution in [3.63, 3.8) is 0 Å². The molecule has 4 nitrogen and oxygen atoms in total. The van der Waals surface area contributed by atoms with Crippen LogP contribution in [0.5, 0.6) is 11.5 Å². The van der Waals surface area contributed by atoms with Gasteiger partial charge in [-0.15, -0.1) is 0 Å². The van der Waals surface area contributed by atoms with Gasteiger partial charge in [0, 0.05) is 12.1 Å². The number of hydrogen-bond acceptors (Lipinski definition) is 3.